The third-order valence-corrected chi connectivity index (χ3v) is 11.0. The summed E-state index contributed by atoms with van der Waals surface area (Å²) in [5, 5.41) is 11.5. The van der Waals surface area contributed by atoms with E-state index in [-0.39, 0.29) is 11.8 Å². The van der Waals surface area contributed by atoms with Crippen LogP contribution in [0.5, 0.6) is 28.7 Å². The molecule has 2 unspecified atom stereocenters. The summed E-state index contributed by atoms with van der Waals surface area (Å²) in [6.07, 6.45) is -1.37. The van der Waals surface area contributed by atoms with E-state index in [1.807, 2.05) is 0 Å². The highest BCUT2D eigenvalue weighted by Crippen LogP contribution is 2.50. The van der Waals surface area contributed by atoms with Gasteiger partial charge in [-0.2, -0.15) is 0 Å². The quantitative estimate of drug-likeness (QED) is 0.226. The van der Waals surface area contributed by atoms with Crippen LogP contribution in [0.1, 0.15) is 43.9 Å². The number of ether oxygens (including phenoxy) is 6. The summed E-state index contributed by atoms with van der Waals surface area (Å²) < 4.78 is 39.1. The highest BCUT2D eigenvalue weighted by Gasteiger charge is 2.43. The molecule has 37 heavy (non-hydrogen) atoms. The minimum atomic E-state index is -2.43. The first-order valence-corrected chi connectivity index (χ1v) is 14.8. The number of hydrogen-bond acceptors (Lipinski definition) is 9. The van der Waals surface area contributed by atoms with Gasteiger partial charge in [-0.1, -0.05) is 26.8 Å². The van der Waals surface area contributed by atoms with Gasteiger partial charge in [0.1, 0.15) is 23.5 Å². The number of carbonyl (C=O) groups is 1. The molecule has 2 atom stereocenters. The summed E-state index contributed by atoms with van der Waals surface area (Å²) in [6.45, 7) is 10.4. The first kappa shape index (κ1) is 30.3. The van der Waals surface area contributed by atoms with Gasteiger partial charge in [0, 0.05) is 24.3 Å². The van der Waals surface area contributed by atoms with Gasteiger partial charge < -0.3 is 38.0 Å². The second-order valence-electron chi connectivity index (χ2n) is 9.98. The average Bonchev–Trinajstić information content (AvgIpc) is 2.86. The van der Waals surface area contributed by atoms with Crippen LogP contribution in [-0.2, 0) is 14.3 Å². The van der Waals surface area contributed by atoms with Gasteiger partial charge in [-0.05, 0) is 36.3 Å². The molecule has 0 aliphatic carbocycles. The maximum atomic E-state index is 13.3. The molecule has 0 spiro atoms. The molecule has 0 fully saturated rings. The molecule has 2 aromatic carbocycles. The van der Waals surface area contributed by atoms with Crippen molar-refractivity contribution >= 4 is 14.3 Å². The third-order valence-electron chi connectivity index (χ3n) is 6.67. The maximum absolute atomic E-state index is 13.3. The van der Waals surface area contributed by atoms with Crippen molar-refractivity contribution in [3.05, 3.63) is 41.5 Å². The SMILES string of the molecule is COCOc1cc(OC)ccc1C(O)C(C(=O)OC)c1ccc(OC)c(OC)c1O[Si](C)(C)C(C)(C)C. The van der Waals surface area contributed by atoms with Gasteiger partial charge in [0.25, 0.3) is 8.32 Å². The van der Waals surface area contributed by atoms with Crippen molar-refractivity contribution in [2.45, 2.75) is 50.9 Å². The van der Waals surface area contributed by atoms with Crippen LogP contribution < -0.4 is 23.4 Å². The Morgan fingerprint density at radius 3 is 2.05 bits per heavy atom. The van der Waals surface area contributed by atoms with Crippen LogP contribution in [-0.4, -0.2) is 61.7 Å². The van der Waals surface area contributed by atoms with Gasteiger partial charge >= 0.3 is 5.97 Å². The molecule has 0 saturated carbocycles. The Labute approximate surface area is 220 Å². The molecular formula is C27H40O9Si. The zero-order chi connectivity index (χ0) is 28.0. The van der Waals surface area contributed by atoms with Crippen molar-refractivity contribution in [3.8, 4) is 28.7 Å². The Hall–Kier alpha value is -2.95. The van der Waals surface area contributed by atoms with Gasteiger partial charge in [0.2, 0.25) is 5.75 Å². The highest BCUT2D eigenvalue weighted by atomic mass is 28.4. The van der Waals surface area contributed by atoms with Gasteiger partial charge in [-0.25, -0.2) is 0 Å². The monoisotopic (exact) mass is 536 g/mol. The van der Waals surface area contributed by atoms with Crippen LogP contribution in [0.15, 0.2) is 30.3 Å². The van der Waals surface area contributed by atoms with Crippen molar-refractivity contribution < 1.29 is 42.7 Å². The lowest BCUT2D eigenvalue weighted by Gasteiger charge is -2.38. The van der Waals surface area contributed by atoms with Crippen LogP contribution in [0.2, 0.25) is 18.1 Å². The Bertz CT molecular complexity index is 1060. The molecule has 0 aromatic heterocycles. The van der Waals surface area contributed by atoms with Gasteiger partial charge in [-0.15, -0.1) is 0 Å². The van der Waals surface area contributed by atoms with E-state index < -0.39 is 26.3 Å². The third kappa shape index (κ3) is 6.68. The summed E-state index contributed by atoms with van der Waals surface area (Å²) in [7, 11) is 4.88. The topological polar surface area (TPSA) is 102 Å². The van der Waals surface area contributed by atoms with Crippen molar-refractivity contribution in [2.75, 3.05) is 42.3 Å². The fourth-order valence-corrected chi connectivity index (χ4v) is 4.57. The molecule has 0 aliphatic heterocycles. The minimum Gasteiger partial charge on any atom is -0.541 e. The van der Waals surface area contributed by atoms with Crippen molar-refractivity contribution in [1.29, 1.82) is 0 Å². The van der Waals surface area contributed by atoms with Crippen LogP contribution >= 0.6 is 0 Å². The predicted octanol–water partition coefficient (Wildman–Crippen LogP) is 5.07. The van der Waals surface area contributed by atoms with Gasteiger partial charge in [0.05, 0.1) is 28.4 Å². The number of aliphatic hydroxyl groups is 1. The highest BCUT2D eigenvalue weighted by molar-refractivity contribution is 6.74. The summed E-state index contributed by atoms with van der Waals surface area (Å²) in [4.78, 5) is 13.3. The number of aliphatic hydroxyl groups excluding tert-OH is 1. The normalized spacial score (nSPS) is 13.4. The minimum absolute atomic E-state index is 0.0636. The van der Waals surface area contributed by atoms with E-state index in [1.54, 1.807) is 30.3 Å². The number of carbonyl (C=O) groups excluding carboxylic acids is 1. The second kappa shape index (κ2) is 12.5. The van der Waals surface area contributed by atoms with Gasteiger partial charge in [0.15, 0.2) is 18.3 Å². The van der Waals surface area contributed by atoms with Gasteiger partial charge in [-0.3, -0.25) is 4.79 Å². The summed E-state index contributed by atoms with van der Waals surface area (Å²) in [6, 6.07) is 8.29. The number of esters is 1. The Balaban J connectivity index is 2.79. The van der Waals surface area contributed by atoms with Crippen molar-refractivity contribution in [1.82, 2.24) is 0 Å². The smallest absolute Gasteiger partial charge is 0.316 e. The number of rotatable bonds is 12. The summed E-state index contributed by atoms with van der Waals surface area (Å²) in [5.74, 6) is 0.0785. The summed E-state index contributed by atoms with van der Waals surface area (Å²) in [5.41, 5.74) is 0.747. The fourth-order valence-electron chi connectivity index (χ4n) is 3.54. The predicted molar refractivity (Wildman–Crippen MR) is 143 cm³/mol. The van der Waals surface area contributed by atoms with Crippen LogP contribution in [0.3, 0.4) is 0 Å². The molecule has 1 N–H and O–H groups in total. The largest absolute Gasteiger partial charge is 0.541 e. The van der Waals surface area contributed by atoms with Crippen molar-refractivity contribution in [3.63, 3.8) is 0 Å². The number of methoxy groups -OCH3 is 5. The molecule has 0 heterocycles. The van der Waals surface area contributed by atoms with E-state index in [1.165, 1.54) is 35.5 Å². The molecule has 0 amide bonds. The second-order valence-corrected chi connectivity index (χ2v) is 14.7. The maximum Gasteiger partial charge on any atom is 0.316 e. The lowest BCUT2D eigenvalue weighted by atomic mass is 9.87. The van der Waals surface area contributed by atoms with E-state index in [0.717, 1.165) is 0 Å². The zero-order valence-corrected chi connectivity index (χ0v) is 24.5. The lowest BCUT2D eigenvalue weighted by molar-refractivity contribution is -0.145. The molecule has 0 bridgehead atoms. The zero-order valence-electron chi connectivity index (χ0n) is 23.5. The van der Waals surface area contributed by atoms with E-state index in [4.69, 9.17) is 32.8 Å². The Morgan fingerprint density at radius 1 is 0.892 bits per heavy atom. The summed E-state index contributed by atoms with van der Waals surface area (Å²) >= 11 is 0. The van der Waals surface area contributed by atoms with Crippen LogP contribution in [0, 0.1) is 0 Å². The molecular weight excluding hydrogens is 496 g/mol. The molecule has 10 heteroatoms. The lowest BCUT2D eigenvalue weighted by Crippen LogP contribution is -2.44. The first-order chi connectivity index (χ1) is 17.4. The van der Waals surface area contributed by atoms with Crippen LogP contribution in [0.25, 0.3) is 0 Å². The van der Waals surface area contributed by atoms with Crippen LogP contribution in [0.4, 0.5) is 0 Å². The average molecular weight is 537 g/mol. The number of benzene rings is 2. The number of hydrogen-bond donors (Lipinski definition) is 1. The Kier molecular flexibility index (Phi) is 10.3. The first-order valence-electron chi connectivity index (χ1n) is 11.9. The molecule has 0 aliphatic rings. The molecule has 206 valence electrons. The molecule has 2 aromatic rings. The van der Waals surface area contributed by atoms with Crippen molar-refractivity contribution in [2.24, 2.45) is 0 Å². The molecule has 0 radical (unpaired) electrons. The van der Waals surface area contributed by atoms with E-state index in [9.17, 15) is 9.90 Å². The molecule has 0 saturated heterocycles. The molecule has 2 rings (SSSR count). The molecule has 9 nitrogen and oxygen atoms in total. The fraction of sp³-hybridized carbons (Fsp3) is 0.519. The van der Waals surface area contributed by atoms with E-state index in [2.05, 4.69) is 33.9 Å². The van der Waals surface area contributed by atoms with E-state index in [0.29, 0.717) is 39.9 Å². The van der Waals surface area contributed by atoms with E-state index >= 15 is 0 Å². The Morgan fingerprint density at radius 2 is 1.54 bits per heavy atom. The standard InChI is InChI=1S/C27H40O9Si/c1-27(2,3)37(9,10)36-24-19(13-14-20(32-6)25(24)33-7)22(26(29)34-8)23(28)18-12-11-17(31-5)15-21(18)35-16-30-4/h11-15,22-23,28H,16H2,1-10H3.